The normalized spacial score (nSPS) is 14.0. The Bertz CT molecular complexity index is 487. The van der Waals surface area contributed by atoms with Crippen LogP contribution in [-0.2, 0) is 21.6 Å². The molecule has 0 aliphatic rings. The van der Waals surface area contributed by atoms with Gasteiger partial charge < -0.3 is 0 Å². The highest BCUT2D eigenvalue weighted by atomic mass is 32.2. The highest BCUT2D eigenvalue weighted by Crippen LogP contribution is 2.09. The van der Waals surface area contributed by atoms with Crippen molar-refractivity contribution in [3.8, 4) is 0 Å². The highest BCUT2D eigenvalue weighted by Gasteiger charge is 2.07. The molecule has 2 atom stereocenters. The molecule has 0 saturated heterocycles. The Hall–Kier alpha value is -1.26. The molecule has 0 heterocycles. The molecule has 0 amide bonds. The van der Waals surface area contributed by atoms with Crippen LogP contribution in [0.5, 0.6) is 0 Å². The Balaban J connectivity index is 1.93. The second kappa shape index (κ2) is 6.61. The van der Waals surface area contributed by atoms with Crippen molar-refractivity contribution >= 4 is 21.6 Å². The highest BCUT2D eigenvalue weighted by molar-refractivity contribution is 7.88. The van der Waals surface area contributed by atoms with E-state index in [2.05, 4.69) is 0 Å². The van der Waals surface area contributed by atoms with Gasteiger partial charge in [0.25, 0.3) is 0 Å². The SMILES string of the molecule is O=[S@](CC[S@@](=O)c1ccccc1)c1ccccc1. The van der Waals surface area contributed by atoms with Gasteiger partial charge >= 0.3 is 0 Å². The third kappa shape index (κ3) is 3.62. The summed E-state index contributed by atoms with van der Waals surface area (Å²) in [6.45, 7) is 0. The molecule has 0 saturated carbocycles. The third-order valence-corrected chi connectivity index (χ3v) is 5.47. The van der Waals surface area contributed by atoms with Crippen molar-refractivity contribution in [2.45, 2.75) is 9.79 Å². The number of rotatable bonds is 5. The summed E-state index contributed by atoms with van der Waals surface area (Å²) in [5.74, 6) is 0.844. The summed E-state index contributed by atoms with van der Waals surface area (Å²) in [5.41, 5.74) is 0. The van der Waals surface area contributed by atoms with Gasteiger partial charge in [0.15, 0.2) is 0 Å². The molecule has 0 aliphatic carbocycles. The second-order valence-corrected chi connectivity index (χ2v) is 6.87. The lowest BCUT2D eigenvalue weighted by Gasteiger charge is -2.03. The van der Waals surface area contributed by atoms with Gasteiger partial charge in [-0.3, -0.25) is 8.42 Å². The first kappa shape index (κ1) is 13.2. The second-order valence-electron chi connectivity index (χ2n) is 3.73. The monoisotopic (exact) mass is 278 g/mol. The minimum atomic E-state index is -1.07. The third-order valence-electron chi connectivity index (χ3n) is 2.47. The molecule has 2 nitrogen and oxygen atoms in total. The van der Waals surface area contributed by atoms with E-state index in [1.807, 2.05) is 60.7 Å². The number of hydrogen-bond donors (Lipinski definition) is 0. The van der Waals surface area contributed by atoms with Gasteiger partial charge in [0, 0.05) is 21.3 Å². The topological polar surface area (TPSA) is 34.1 Å². The van der Waals surface area contributed by atoms with E-state index in [4.69, 9.17) is 0 Å². The molecule has 0 aliphatic heterocycles. The van der Waals surface area contributed by atoms with Gasteiger partial charge in [-0.2, -0.15) is 0 Å². The molecule has 0 aromatic heterocycles. The molecule has 2 aromatic rings. The maximum Gasteiger partial charge on any atom is 0.0538 e. The van der Waals surface area contributed by atoms with Crippen LogP contribution in [-0.4, -0.2) is 19.9 Å². The molecule has 18 heavy (non-hydrogen) atoms. The molecule has 0 unspecified atom stereocenters. The quantitative estimate of drug-likeness (QED) is 0.842. The zero-order chi connectivity index (χ0) is 12.8. The van der Waals surface area contributed by atoms with Crippen molar-refractivity contribution < 1.29 is 8.42 Å². The molecule has 0 N–H and O–H groups in total. The lowest BCUT2D eigenvalue weighted by molar-refractivity contribution is 0.678. The van der Waals surface area contributed by atoms with Crippen molar-refractivity contribution in [3.05, 3.63) is 60.7 Å². The molecule has 0 fully saturated rings. The molecule has 0 radical (unpaired) electrons. The molecule has 0 bridgehead atoms. The van der Waals surface area contributed by atoms with Gasteiger partial charge in [-0.1, -0.05) is 36.4 Å². The number of benzene rings is 2. The van der Waals surface area contributed by atoms with Crippen LogP contribution in [0.3, 0.4) is 0 Å². The zero-order valence-corrected chi connectivity index (χ0v) is 11.5. The molecule has 0 spiro atoms. The van der Waals surface area contributed by atoms with Crippen LogP contribution in [0.4, 0.5) is 0 Å². The summed E-state index contributed by atoms with van der Waals surface area (Å²) in [7, 11) is -2.14. The van der Waals surface area contributed by atoms with Crippen molar-refractivity contribution in [1.82, 2.24) is 0 Å². The first-order chi connectivity index (χ1) is 8.77. The minimum Gasteiger partial charge on any atom is -0.254 e. The van der Waals surface area contributed by atoms with E-state index in [-0.39, 0.29) is 0 Å². The zero-order valence-electron chi connectivity index (χ0n) is 9.82. The van der Waals surface area contributed by atoms with Gasteiger partial charge in [-0.15, -0.1) is 0 Å². The van der Waals surface area contributed by atoms with E-state index in [0.717, 1.165) is 9.79 Å². The van der Waals surface area contributed by atoms with E-state index >= 15 is 0 Å². The van der Waals surface area contributed by atoms with E-state index in [0.29, 0.717) is 11.5 Å². The Morgan fingerprint density at radius 3 is 1.28 bits per heavy atom. The van der Waals surface area contributed by atoms with Gasteiger partial charge in [0.05, 0.1) is 21.6 Å². The summed E-state index contributed by atoms with van der Waals surface area (Å²) in [4.78, 5) is 1.59. The summed E-state index contributed by atoms with van der Waals surface area (Å²) in [6, 6.07) is 18.6. The molecule has 2 aromatic carbocycles. The van der Waals surface area contributed by atoms with E-state index < -0.39 is 21.6 Å². The largest absolute Gasteiger partial charge is 0.254 e. The lowest BCUT2D eigenvalue weighted by atomic mass is 10.4. The van der Waals surface area contributed by atoms with E-state index in [1.54, 1.807) is 0 Å². The van der Waals surface area contributed by atoms with Crippen LogP contribution < -0.4 is 0 Å². The van der Waals surface area contributed by atoms with Gasteiger partial charge in [-0.25, -0.2) is 0 Å². The van der Waals surface area contributed by atoms with Crippen molar-refractivity contribution in [2.24, 2.45) is 0 Å². The smallest absolute Gasteiger partial charge is 0.0538 e. The Morgan fingerprint density at radius 1 is 0.611 bits per heavy atom. The summed E-state index contributed by atoms with van der Waals surface area (Å²) in [6.07, 6.45) is 0. The lowest BCUT2D eigenvalue weighted by Crippen LogP contribution is -2.08. The maximum atomic E-state index is 12.0. The molecule has 4 heteroatoms. The summed E-state index contributed by atoms with van der Waals surface area (Å²) >= 11 is 0. The maximum absolute atomic E-state index is 12.0. The molecule has 94 valence electrons. The van der Waals surface area contributed by atoms with Crippen molar-refractivity contribution in [3.63, 3.8) is 0 Å². The first-order valence-electron chi connectivity index (χ1n) is 5.64. The van der Waals surface area contributed by atoms with Gasteiger partial charge in [-0.05, 0) is 24.3 Å². The van der Waals surface area contributed by atoms with Crippen LogP contribution in [0.1, 0.15) is 0 Å². The van der Waals surface area contributed by atoms with Gasteiger partial charge in [0.1, 0.15) is 0 Å². The predicted octanol–water partition coefficient (Wildman–Crippen LogP) is 2.60. The standard InChI is InChI=1S/C14H14O2S2/c15-17(13-7-3-1-4-8-13)11-12-18(16)14-9-5-2-6-10-14/h1-10H,11-12H2/t17-,18-/m1/s1. The van der Waals surface area contributed by atoms with Crippen molar-refractivity contribution in [2.75, 3.05) is 11.5 Å². The Kier molecular flexibility index (Phi) is 4.84. The average molecular weight is 278 g/mol. The van der Waals surface area contributed by atoms with Crippen LogP contribution in [0.2, 0.25) is 0 Å². The van der Waals surface area contributed by atoms with Crippen molar-refractivity contribution in [1.29, 1.82) is 0 Å². The van der Waals surface area contributed by atoms with E-state index in [1.165, 1.54) is 0 Å². The predicted molar refractivity (Wildman–Crippen MR) is 75.4 cm³/mol. The fourth-order valence-corrected chi connectivity index (χ4v) is 4.14. The van der Waals surface area contributed by atoms with Crippen LogP contribution in [0, 0.1) is 0 Å². The number of hydrogen-bond acceptors (Lipinski definition) is 2. The minimum absolute atomic E-state index is 0.422. The fraction of sp³-hybridized carbons (Fsp3) is 0.143. The van der Waals surface area contributed by atoms with Crippen LogP contribution in [0.25, 0.3) is 0 Å². The summed E-state index contributed by atoms with van der Waals surface area (Å²) in [5, 5.41) is 0. The first-order valence-corrected chi connectivity index (χ1v) is 8.28. The fourth-order valence-electron chi connectivity index (χ4n) is 1.53. The van der Waals surface area contributed by atoms with Crippen LogP contribution >= 0.6 is 0 Å². The van der Waals surface area contributed by atoms with Crippen LogP contribution in [0.15, 0.2) is 70.5 Å². The van der Waals surface area contributed by atoms with E-state index in [9.17, 15) is 8.42 Å². The Morgan fingerprint density at radius 2 is 0.944 bits per heavy atom. The van der Waals surface area contributed by atoms with Gasteiger partial charge in [0.2, 0.25) is 0 Å². The molecule has 2 rings (SSSR count). The Labute approximate surface area is 112 Å². The molecular formula is C14H14O2S2. The average Bonchev–Trinajstić information content (AvgIpc) is 2.46. The summed E-state index contributed by atoms with van der Waals surface area (Å²) < 4.78 is 23.9. The molecular weight excluding hydrogens is 264 g/mol.